The van der Waals surface area contributed by atoms with E-state index in [0.29, 0.717) is 11.5 Å². The lowest BCUT2D eigenvalue weighted by molar-refractivity contribution is -0.127. The van der Waals surface area contributed by atoms with Gasteiger partial charge in [-0.15, -0.1) is 0 Å². The Kier molecular flexibility index (Phi) is 5.74. The fourth-order valence-electron chi connectivity index (χ4n) is 1.96. The summed E-state index contributed by atoms with van der Waals surface area (Å²) in [6.45, 7) is 3.61. The first kappa shape index (κ1) is 16.5. The predicted octanol–water partition coefficient (Wildman–Crippen LogP) is 2.92. The summed E-state index contributed by atoms with van der Waals surface area (Å²) in [5.74, 6) is 1.05. The molecule has 0 radical (unpaired) electrons. The number of nitrogens with zero attached hydrogens (tertiary/aromatic N) is 1. The Bertz CT molecular complexity index is 698. The lowest BCUT2D eigenvalue weighted by Gasteiger charge is -2.14. The van der Waals surface area contributed by atoms with Gasteiger partial charge in [0.2, 0.25) is 0 Å². The molecule has 2 rings (SSSR count). The maximum Gasteiger partial charge on any atom is 0.280 e. The second kappa shape index (κ2) is 7.98. The van der Waals surface area contributed by atoms with Gasteiger partial charge in [-0.05, 0) is 37.6 Å². The molecule has 5 heteroatoms. The number of ether oxygens (including phenoxy) is 2. The standard InChI is InChI=1S/C18H20N2O3/c1-13-8-4-6-10-16(13)23-14(2)18(21)20-19-12-15-9-5-7-11-17(15)22-3/h4-12,14H,1-3H3,(H,20,21)/b19-12-/t14-/m1/s1. The summed E-state index contributed by atoms with van der Waals surface area (Å²) in [5.41, 5.74) is 4.23. The summed E-state index contributed by atoms with van der Waals surface area (Å²) in [7, 11) is 1.59. The van der Waals surface area contributed by atoms with Gasteiger partial charge in [-0.1, -0.05) is 30.3 Å². The quantitative estimate of drug-likeness (QED) is 0.659. The summed E-state index contributed by atoms with van der Waals surface area (Å²) >= 11 is 0. The van der Waals surface area contributed by atoms with Crippen molar-refractivity contribution in [3.05, 3.63) is 59.7 Å². The van der Waals surface area contributed by atoms with Crippen LogP contribution >= 0.6 is 0 Å². The largest absolute Gasteiger partial charge is 0.496 e. The molecule has 0 aliphatic heterocycles. The molecule has 1 N–H and O–H groups in total. The van der Waals surface area contributed by atoms with E-state index in [9.17, 15) is 4.79 Å². The van der Waals surface area contributed by atoms with Crippen molar-refractivity contribution in [3.63, 3.8) is 0 Å². The first-order valence-corrected chi connectivity index (χ1v) is 7.30. The van der Waals surface area contributed by atoms with Gasteiger partial charge >= 0.3 is 0 Å². The first-order chi connectivity index (χ1) is 11.1. The van der Waals surface area contributed by atoms with Crippen molar-refractivity contribution in [1.82, 2.24) is 5.43 Å². The number of carbonyl (C=O) groups is 1. The van der Waals surface area contributed by atoms with E-state index in [-0.39, 0.29) is 5.91 Å². The molecule has 0 saturated heterocycles. The minimum atomic E-state index is -0.647. The highest BCUT2D eigenvalue weighted by Crippen LogP contribution is 2.18. The number of hydrazone groups is 1. The van der Waals surface area contributed by atoms with Crippen LogP contribution in [0.25, 0.3) is 0 Å². The van der Waals surface area contributed by atoms with Gasteiger partial charge in [0.25, 0.3) is 5.91 Å². The zero-order valence-corrected chi connectivity index (χ0v) is 13.4. The molecule has 2 aromatic rings. The minimum Gasteiger partial charge on any atom is -0.496 e. The van der Waals surface area contributed by atoms with E-state index in [2.05, 4.69) is 10.5 Å². The van der Waals surface area contributed by atoms with Crippen molar-refractivity contribution in [2.75, 3.05) is 7.11 Å². The second-order valence-electron chi connectivity index (χ2n) is 5.00. The Morgan fingerprint density at radius 1 is 1.13 bits per heavy atom. The third kappa shape index (κ3) is 4.57. The molecule has 0 heterocycles. The van der Waals surface area contributed by atoms with Crippen LogP contribution in [0.4, 0.5) is 0 Å². The van der Waals surface area contributed by atoms with E-state index in [1.54, 1.807) is 14.0 Å². The van der Waals surface area contributed by atoms with E-state index >= 15 is 0 Å². The van der Waals surface area contributed by atoms with E-state index < -0.39 is 6.10 Å². The Hall–Kier alpha value is -2.82. The molecule has 1 amide bonds. The number of amides is 1. The molecule has 0 aromatic heterocycles. The molecule has 0 unspecified atom stereocenters. The van der Waals surface area contributed by atoms with Crippen molar-refractivity contribution in [2.24, 2.45) is 5.10 Å². The number of hydrogen-bond acceptors (Lipinski definition) is 4. The monoisotopic (exact) mass is 312 g/mol. The third-order valence-corrected chi connectivity index (χ3v) is 3.28. The average molecular weight is 312 g/mol. The predicted molar refractivity (Wildman–Crippen MR) is 90.0 cm³/mol. The molecule has 23 heavy (non-hydrogen) atoms. The first-order valence-electron chi connectivity index (χ1n) is 7.30. The van der Waals surface area contributed by atoms with Crippen LogP contribution in [-0.4, -0.2) is 25.3 Å². The lowest BCUT2D eigenvalue weighted by Crippen LogP contribution is -2.33. The van der Waals surface area contributed by atoms with Gasteiger partial charge < -0.3 is 9.47 Å². The Balaban J connectivity index is 1.94. The van der Waals surface area contributed by atoms with Crippen LogP contribution in [0.2, 0.25) is 0 Å². The molecule has 0 aliphatic rings. The second-order valence-corrected chi connectivity index (χ2v) is 5.00. The molecule has 0 bridgehead atoms. The number of para-hydroxylation sites is 2. The van der Waals surface area contributed by atoms with Crippen molar-refractivity contribution >= 4 is 12.1 Å². The molecular weight excluding hydrogens is 292 g/mol. The van der Waals surface area contributed by atoms with Crippen LogP contribution in [0.1, 0.15) is 18.1 Å². The maximum atomic E-state index is 12.0. The van der Waals surface area contributed by atoms with Gasteiger partial charge in [-0.2, -0.15) is 5.10 Å². The molecule has 2 aromatic carbocycles. The molecule has 1 atom stereocenters. The van der Waals surface area contributed by atoms with Crippen LogP contribution in [0, 0.1) is 6.92 Å². The summed E-state index contributed by atoms with van der Waals surface area (Å²) < 4.78 is 10.9. The highest BCUT2D eigenvalue weighted by atomic mass is 16.5. The van der Waals surface area contributed by atoms with Crippen LogP contribution < -0.4 is 14.9 Å². The molecule has 0 fully saturated rings. The van der Waals surface area contributed by atoms with Crippen LogP contribution in [-0.2, 0) is 4.79 Å². The van der Waals surface area contributed by atoms with E-state index in [1.165, 1.54) is 6.21 Å². The van der Waals surface area contributed by atoms with Crippen molar-refractivity contribution in [3.8, 4) is 11.5 Å². The van der Waals surface area contributed by atoms with Crippen molar-refractivity contribution < 1.29 is 14.3 Å². The van der Waals surface area contributed by atoms with E-state index in [1.807, 2.05) is 55.5 Å². The van der Waals surface area contributed by atoms with Gasteiger partial charge in [0.1, 0.15) is 11.5 Å². The zero-order chi connectivity index (χ0) is 16.7. The van der Waals surface area contributed by atoms with Gasteiger partial charge in [0.15, 0.2) is 6.10 Å². The van der Waals surface area contributed by atoms with Gasteiger partial charge in [-0.3, -0.25) is 4.79 Å². The normalized spacial score (nSPS) is 12.0. The van der Waals surface area contributed by atoms with E-state index in [0.717, 1.165) is 11.1 Å². The molecule has 120 valence electrons. The Labute approximate surface area is 135 Å². The highest BCUT2D eigenvalue weighted by Gasteiger charge is 2.14. The van der Waals surface area contributed by atoms with Crippen LogP contribution in [0.5, 0.6) is 11.5 Å². The fraction of sp³-hybridized carbons (Fsp3) is 0.222. The highest BCUT2D eigenvalue weighted by molar-refractivity contribution is 5.86. The number of aryl methyl sites for hydroxylation is 1. The fourth-order valence-corrected chi connectivity index (χ4v) is 1.96. The lowest BCUT2D eigenvalue weighted by atomic mass is 10.2. The summed E-state index contributed by atoms with van der Waals surface area (Å²) in [4.78, 5) is 12.0. The van der Waals surface area contributed by atoms with E-state index in [4.69, 9.17) is 9.47 Å². The number of methoxy groups -OCH3 is 1. The molecule has 0 saturated carbocycles. The molecule has 0 spiro atoms. The number of nitrogens with one attached hydrogen (secondary N) is 1. The smallest absolute Gasteiger partial charge is 0.280 e. The van der Waals surface area contributed by atoms with Gasteiger partial charge in [0, 0.05) is 5.56 Å². The number of benzene rings is 2. The van der Waals surface area contributed by atoms with Gasteiger partial charge in [0.05, 0.1) is 13.3 Å². The Morgan fingerprint density at radius 3 is 2.48 bits per heavy atom. The topological polar surface area (TPSA) is 59.9 Å². The number of hydrogen-bond donors (Lipinski definition) is 1. The zero-order valence-electron chi connectivity index (χ0n) is 13.4. The van der Waals surface area contributed by atoms with Crippen molar-refractivity contribution in [1.29, 1.82) is 0 Å². The molecule has 0 aliphatic carbocycles. The molecule has 5 nitrogen and oxygen atoms in total. The number of carbonyl (C=O) groups excluding carboxylic acids is 1. The summed E-state index contributed by atoms with van der Waals surface area (Å²) in [6, 6.07) is 15.0. The molecular formula is C18H20N2O3. The van der Waals surface area contributed by atoms with Crippen LogP contribution in [0.3, 0.4) is 0 Å². The van der Waals surface area contributed by atoms with Crippen molar-refractivity contribution in [2.45, 2.75) is 20.0 Å². The average Bonchev–Trinajstić information content (AvgIpc) is 2.57. The Morgan fingerprint density at radius 2 is 1.78 bits per heavy atom. The summed E-state index contributed by atoms with van der Waals surface area (Å²) in [5, 5.41) is 3.95. The van der Waals surface area contributed by atoms with Crippen LogP contribution in [0.15, 0.2) is 53.6 Å². The minimum absolute atomic E-state index is 0.320. The van der Waals surface area contributed by atoms with Gasteiger partial charge in [-0.25, -0.2) is 5.43 Å². The maximum absolute atomic E-state index is 12.0. The summed E-state index contributed by atoms with van der Waals surface area (Å²) in [6.07, 6.45) is 0.892. The third-order valence-electron chi connectivity index (χ3n) is 3.28. The SMILES string of the molecule is COc1ccccc1/C=N\NC(=O)[C@@H](C)Oc1ccccc1C. The number of rotatable bonds is 6.